The molecule has 0 aromatic heterocycles. The molecule has 93 heavy (non-hydrogen) atoms. The molecule has 19 heteroatoms. The number of hydrogen-bond acceptors (Lipinski definition) is 15. The third kappa shape index (κ3) is 67.9. The number of unbranched alkanes of at least 4 members (excludes halogenated alkanes) is 41. The molecule has 0 aromatic carbocycles. The topological polar surface area (TPSA) is 237 Å². The molecule has 0 radical (unpaired) electrons. The Bertz CT molecular complexity index is 1880. The van der Waals surface area contributed by atoms with Crippen molar-refractivity contribution in [2.45, 2.75) is 380 Å². The molecule has 2 unspecified atom stereocenters. The minimum absolute atomic E-state index is 0.102. The average Bonchev–Trinajstić information content (AvgIpc) is 2.24. The summed E-state index contributed by atoms with van der Waals surface area (Å²) in [6.07, 6.45) is 57.8. The van der Waals surface area contributed by atoms with Crippen molar-refractivity contribution < 1.29 is 80.2 Å². The van der Waals surface area contributed by atoms with Crippen LogP contribution in [0.3, 0.4) is 0 Å². The number of aliphatic hydroxyl groups is 1. The number of allylic oxidation sites excluding steroid dienone is 4. The third-order valence-electron chi connectivity index (χ3n) is 16.7. The zero-order valence-corrected chi connectivity index (χ0v) is 61.7. The second-order valence-corrected chi connectivity index (χ2v) is 29.4. The molecule has 0 spiro atoms. The van der Waals surface area contributed by atoms with E-state index >= 15 is 0 Å². The van der Waals surface area contributed by atoms with Gasteiger partial charge in [-0.25, -0.2) is 9.13 Å². The number of hydrogen-bond donors (Lipinski definition) is 3. The lowest BCUT2D eigenvalue weighted by molar-refractivity contribution is -0.161. The number of carbonyl (C=O) groups is 4. The van der Waals surface area contributed by atoms with Crippen LogP contribution in [0.4, 0.5) is 0 Å². The fraction of sp³-hybridized carbons (Fsp3) is 0.892. The second-order valence-electron chi connectivity index (χ2n) is 26.5. The molecule has 0 aliphatic rings. The van der Waals surface area contributed by atoms with E-state index in [1.54, 1.807) is 0 Å². The van der Waals surface area contributed by atoms with Crippen LogP contribution in [0.1, 0.15) is 362 Å². The quantitative estimate of drug-likeness (QED) is 0.0169. The molecule has 3 N–H and O–H groups in total. The van der Waals surface area contributed by atoms with Gasteiger partial charge in [-0.1, -0.05) is 309 Å². The maximum absolute atomic E-state index is 13.1. The highest BCUT2D eigenvalue weighted by Gasteiger charge is 2.30. The molecule has 0 aromatic rings. The van der Waals surface area contributed by atoms with Crippen molar-refractivity contribution >= 4 is 39.5 Å². The van der Waals surface area contributed by atoms with Gasteiger partial charge < -0.3 is 33.8 Å². The van der Waals surface area contributed by atoms with Crippen molar-refractivity contribution in [3.05, 3.63) is 24.3 Å². The summed E-state index contributed by atoms with van der Waals surface area (Å²) < 4.78 is 68.4. The fourth-order valence-electron chi connectivity index (χ4n) is 10.8. The van der Waals surface area contributed by atoms with Gasteiger partial charge >= 0.3 is 39.5 Å². The minimum atomic E-state index is -4.96. The SMILES string of the molecule is CCCCCC/C=C\C=C/CCCCCCCC(=O)OC[C@H](COP(=O)(O)OC[C@@H](O)COP(=O)(O)OC[C@@H](COC(=O)CCCCCCCCC(C)C)OC(=O)CCCCCCCCCCCCCC)OC(=O)CCCCCCCCCCCCCCCCCCC. The minimum Gasteiger partial charge on any atom is -0.462 e. The molecule has 5 atom stereocenters. The maximum atomic E-state index is 13.1. The Morgan fingerprint density at radius 2 is 0.581 bits per heavy atom. The van der Waals surface area contributed by atoms with Gasteiger partial charge in [-0.15, -0.1) is 0 Å². The molecule has 0 aliphatic heterocycles. The predicted octanol–water partition coefficient (Wildman–Crippen LogP) is 21.2. The maximum Gasteiger partial charge on any atom is 0.472 e. The lowest BCUT2D eigenvalue weighted by Crippen LogP contribution is -2.30. The van der Waals surface area contributed by atoms with Crippen LogP contribution in [0.2, 0.25) is 0 Å². The first-order valence-electron chi connectivity index (χ1n) is 38.0. The van der Waals surface area contributed by atoms with E-state index in [-0.39, 0.29) is 25.7 Å². The highest BCUT2D eigenvalue weighted by atomic mass is 31.2. The van der Waals surface area contributed by atoms with Gasteiger partial charge in [0.15, 0.2) is 12.2 Å². The molecule has 0 saturated heterocycles. The Morgan fingerprint density at radius 3 is 0.882 bits per heavy atom. The molecular formula is C74H140O17P2. The van der Waals surface area contributed by atoms with Crippen molar-refractivity contribution in [1.29, 1.82) is 0 Å². The number of carbonyl (C=O) groups excluding carboxylic acids is 4. The van der Waals surface area contributed by atoms with Gasteiger partial charge in [-0.05, 0) is 57.3 Å². The number of esters is 4. The largest absolute Gasteiger partial charge is 0.472 e. The molecule has 0 amide bonds. The normalized spacial score (nSPS) is 14.2. The predicted molar refractivity (Wildman–Crippen MR) is 377 cm³/mol. The van der Waals surface area contributed by atoms with Crippen LogP contribution in [0, 0.1) is 5.92 Å². The van der Waals surface area contributed by atoms with Crippen molar-refractivity contribution in [2.75, 3.05) is 39.6 Å². The van der Waals surface area contributed by atoms with E-state index in [4.69, 9.17) is 37.0 Å². The van der Waals surface area contributed by atoms with Gasteiger partial charge in [0, 0.05) is 25.7 Å². The number of rotatable bonds is 72. The molecule has 0 bridgehead atoms. The second kappa shape index (κ2) is 66.8. The summed E-state index contributed by atoms with van der Waals surface area (Å²) in [6.45, 7) is 7.13. The first-order valence-corrected chi connectivity index (χ1v) is 40.9. The van der Waals surface area contributed by atoms with Crippen molar-refractivity contribution in [1.82, 2.24) is 0 Å². The summed E-state index contributed by atoms with van der Waals surface area (Å²) in [4.78, 5) is 72.6. The van der Waals surface area contributed by atoms with E-state index in [0.29, 0.717) is 31.6 Å². The van der Waals surface area contributed by atoms with E-state index < -0.39 is 97.5 Å². The summed E-state index contributed by atoms with van der Waals surface area (Å²) in [6, 6.07) is 0. The Morgan fingerprint density at radius 1 is 0.333 bits per heavy atom. The Hall–Kier alpha value is -2.46. The van der Waals surface area contributed by atoms with E-state index in [1.807, 2.05) is 0 Å². The third-order valence-corrected chi connectivity index (χ3v) is 18.6. The van der Waals surface area contributed by atoms with E-state index in [9.17, 15) is 43.2 Å². The van der Waals surface area contributed by atoms with Gasteiger partial charge in [0.25, 0.3) is 0 Å². The Balaban J connectivity index is 5.27. The van der Waals surface area contributed by atoms with Gasteiger partial charge in [0.1, 0.15) is 19.3 Å². The highest BCUT2D eigenvalue weighted by molar-refractivity contribution is 7.47. The lowest BCUT2D eigenvalue weighted by atomic mass is 10.0. The molecule has 0 rings (SSSR count). The van der Waals surface area contributed by atoms with E-state index in [2.05, 4.69) is 58.9 Å². The summed E-state index contributed by atoms with van der Waals surface area (Å²) in [5, 5.41) is 10.6. The van der Waals surface area contributed by atoms with Crippen LogP contribution in [0.25, 0.3) is 0 Å². The first kappa shape index (κ1) is 90.5. The van der Waals surface area contributed by atoms with E-state index in [0.717, 1.165) is 116 Å². The van der Waals surface area contributed by atoms with Crippen LogP contribution in [0.15, 0.2) is 24.3 Å². The zero-order chi connectivity index (χ0) is 68.4. The standard InChI is InChI=1S/C74H140O17P2/c1-6-9-12-15-18-21-24-27-29-30-32-34-37-40-43-50-55-60-74(79)90-69(63-84-71(76)57-52-47-41-38-36-33-31-28-25-22-19-16-13-10-7-2)65-88-92(80,81)86-61-68(75)62-87-93(82,83)89-66-70(64-85-72(77)58-53-48-45-44-46-51-56-67(4)5)91-73(78)59-54-49-42-39-35-26-23-20-17-14-11-8-3/h22,25,28,31,67-70,75H,6-21,23-24,26-27,29-30,32-66H2,1-5H3,(H,80,81)(H,82,83)/b25-22-,31-28-/t68-,69-,70-/m1/s1. The monoisotopic (exact) mass is 1360 g/mol. The summed E-state index contributed by atoms with van der Waals surface area (Å²) in [5.74, 6) is -1.47. The number of phosphoric acid groups is 2. The molecule has 17 nitrogen and oxygen atoms in total. The molecule has 0 aliphatic carbocycles. The van der Waals surface area contributed by atoms with Crippen molar-refractivity contribution in [3.8, 4) is 0 Å². The van der Waals surface area contributed by atoms with Crippen molar-refractivity contribution in [3.63, 3.8) is 0 Å². The summed E-state index contributed by atoms with van der Waals surface area (Å²) in [5.41, 5.74) is 0. The highest BCUT2D eigenvalue weighted by Crippen LogP contribution is 2.45. The summed E-state index contributed by atoms with van der Waals surface area (Å²) in [7, 11) is -9.92. The fourth-order valence-corrected chi connectivity index (χ4v) is 12.4. The first-order chi connectivity index (χ1) is 45.0. The van der Waals surface area contributed by atoms with Crippen LogP contribution in [-0.2, 0) is 65.4 Å². The van der Waals surface area contributed by atoms with Crippen LogP contribution >= 0.6 is 15.6 Å². The molecule has 0 saturated carbocycles. The molecular weight excluding hydrogens is 1220 g/mol. The Labute approximate surface area is 567 Å². The Kier molecular flexibility index (Phi) is 65.0. The molecule has 0 heterocycles. The number of ether oxygens (including phenoxy) is 4. The average molecular weight is 1360 g/mol. The molecule has 548 valence electrons. The summed E-state index contributed by atoms with van der Waals surface area (Å²) >= 11 is 0. The number of phosphoric ester groups is 2. The molecule has 0 fully saturated rings. The number of aliphatic hydroxyl groups excluding tert-OH is 1. The smallest absolute Gasteiger partial charge is 0.462 e. The van der Waals surface area contributed by atoms with Gasteiger partial charge in [-0.3, -0.25) is 37.3 Å². The zero-order valence-electron chi connectivity index (χ0n) is 59.9. The van der Waals surface area contributed by atoms with Crippen molar-refractivity contribution in [2.24, 2.45) is 5.92 Å². The van der Waals surface area contributed by atoms with Gasteiger partial charge in [0.2, 0.25) is 0 Å². The van der Waals surface area contributed by atoms with Crippen LogP contribution in [0.5, 0.6) is 0 Å². The van der Waals surface area contributed by atoms with Gasteiger partial charge in [-0.2, -0.15) is 0 Å². The van der Waals surface area contributed by atoms with Gasteiger partial charge in [0.05, 0.1) is 26.4 Å². The van der Waals surface area contributed by atoms with Crippen LogP contribution < -0.4 is 0 Å². The lowest BCUT2D eigenvalue weighted by Gasteiger charge is -2.21. The van der Waals surface area contributed by atoms with Crippen LogP contribution in [-0.4, -0.2) is 96.7 Å². The van der Waals surface area contributed by atoms with E-state index in [1.165, 1.54) is 161 Å².